The summed E-state index contributed by atoms with van der Waals surface area (Å²) >= 11 is 1.41. The summed E-state index contributed by atoms with van der Waals surface area (Å²) in [6.07, 6.45) is 7.29. The van der Waals surface area contributed by atoms with E-state index in [4.69, 9.17) is 0 Å². The van der Waals surface area contributed by atoms with Gasteiger partial charge in [-0.05, 0) is 42.7 Å². The van der Waals surface area contributed by atoms with Crippen LogP contribution in [0.25, 0.3) is 10.6 Å². The Bertz CT molecular complexity index is 1210. The second kappa shape index (κ2) is 9.00. The highest BCUT2D eigenvalue weighted by atomic mass is 32.1. The lowest BCUT2D eigenvalue weighted by molar-refractivity contribution is 0.0707. The minimum Gasteiger partial charge on any atom is -0.338 e. The second-order valence-corrected chi connectivity index (χ2v) is 8.96. The molecule has 4 aromatic rings. The molecule has 1 atom stereocenters. The molecule has 0 spiro atoms. The Kier molecular flexibility index (Phi) is 5.77. The van der Waals surface area contributed by atoms with Crippen LogP contribution in [0.3, 0.4) is 0 Å². The number of nitrogens with zero attached hydrogens (tertiary/aromatic N) is 5. The quantitative estimate of drug-likeness (QED) is 0.448. The Labute approximate surface area is 189 Å². The van der Waals surface area contributed by atoms with Crippen LogP contribution < -0.4 is 0 Å². The molecule has 0 bridgehead atoms. The van der Waals surface area contributed by atoms with Crippen LogP contribution in [0.15, 0.2) is 67.3 Å². The number of imidazole rings is 1. The maximum atomic E-state index is 14.1. The normalized spacial score (nSPS) is 16.3. The van der Waals surface area contributed by atoms with E-state index in [-0.39, 0.29) is 17.6 Å². The lowest BCUT2D eigenvalue weighted by atomic mass is 9.98. The summed E-state index contributed by atoms with van der Waals surface area (Å²) in [6.45, 7) is 2.05. The molecule has 32 heavy (non-hydrogen) atoms. The van der Waals surface area contributed by atoms with Gasteiger partial charge >= 0.3 is 0 Å². The SMILES string of the molecule is O=C(c1ccc(Cn2ccnc2)cc1)N1CCC[C@H](c2nnc(-c3ccccc3F)s2)C1. The van der Waals surface area contributed by atoms with Gasteiger partial charge in [0.2, 0.25) is 0 Å². The Balaban J connectivity index is 1.27. The van der Waals surface area contributed by atoms with Crippen LogP contribution in [-0.4, -0.2) is 43.6 Å². The molecule has 1 saturated heterocycles. The van der Waals surface area contributed by atoms with E-state index in [0.29, 0.717) is 22.7 Å². The molecule has 0 saturated carbocycles. The van der Waals surface area contributed by atoms with Gasteiger partial charge in [0.15, 0.2) is 5.01 Å². The number of carbonyl (C=O) groups is 1. The molecule has 0 aliphatic carbocycles. The molecule has 2 aromatic heterocycles. The van der Waals surface area contributed by atoms with Gasteiger partial charge in [0.05, 0.1) is 6.33 Å². The standard InChI is InChI=1S/C24H22FN5OS/c25-21-6-2-1-5-20(21)23-28-27-22(32-23)19-4-3-12-30(15-19)24(31)18-9-7-17(8-10-18)14-29-13-11-26-16-29/h1-2,5-11,13,16,19H,3-4,12,14-15H2/t19-/m0/s1. The van der Waals surface area contributed by atoms with Gasteiger partial charge in [-0.2, -0.15) is 0 Å². The fourth-order valence-electron chi connectivity index (χ4n) is 4.03. The van der Waals surface area contributed by atoms with Gasteiger partial charge in [-0.25, -0.2) is 9.37 Å². The van der Waals surface area contributed by atoms with Crippen molar-refractivity contribution in [1.29, 1.82) is 0 Å². The van der Waals surface area contributed by atoms with Crippen molar-refractivity contribution in [2.24, 2.45) is 0 Å². The zero-order valence-corrected chi connectivity index (χ0v) is 18.2. The average molecular weight is 448 g/mol. The fourth-order valence-corrected chi connectivity index (χ4v) is 5.03. The number of hydrogen-bond acceptors (Lipinski definition) is 5. The Morgan fingerprint density at radius 2 is 1.97 bits per heavy atom. The Hall–Kier alpha value is -3.39. The fraction of sp³-hybridized carbons (Fsp3) is 0.250. The molecule has 0 unspecified atom stereocenters. The Morgan fingerprint density at radius 3 is 2.75 bits per heavy atom. The van der Waals surface area contributed by atoms with Gasteiger partial charge in [0.25, 0.3) is 5.91 Å². The summed E-state index contributed by atoms with van der Waals surface area (Å²) in [5.74, 6) is -0.152. The van der Waals surface area contributed by atoms with E-state index in [1.54, 1.807) is 30.7 Å². The third kappa shape index (κ3) is 4.31. The molecule has 3 heterocycles. The molecule has 8 heteroatoms. The number of amides is 1. The van der Waals surface area contributed by atoms with Crippen LogP contribution in [0.5, 0.6) is 0 Å². The first-order valence-corrected chi connectivity index (χ1v) is 11.4. The van der Waals surface area contributed by atoms with Gasteiger partial charge in [-0.3, -0.25) is 4.79 Å². The molecule has 1 aliphatic rings. The number of likely N-dealkylation sites (tertiary alicyclic amines) is 1. The van der Waals surface area contributed by atoms with Crippen LogP contribution in [0.2, 0.25) is 0 Å². The first-order valence-electron chi connectivity index (χ1n) is 10.6. The average Bonchev–Trinajstić information content (AvgIpc) is 3.52. The summed E-state index contributed by atoms with van der Waals surface area (Å²) in [5.41, 5.74) is 2.27. The van der Waals surface area contributed by atoms with Crippen molar-refractivity contribution < 1.29 is 9.18 Å². The summed E-state index contributed by atoms with van der Waals surface area (Å²) in [5, 5.41) is 9.97. The summed E-state index contributed by atoms with van der Waals surface area (Å²) in [4.78, 5) is 19.1. The van der Waals surface area contributed by atoms with Gasteiger partial charge in [0.1, 0.15) is 10.8 Å². The number of hydrogen-bond donors (Lipinski definition) is 0. The third-order valence-corrected chi connectivity index (χ3v) is 6.85. The molecular formula is C24H22FN5OS. The Morgan fingerprint density at radius 1 is 1.12 bits per heavy atom. The van der Waals surface area contributed by atoms with E-state index in [9.17, 15) is 9.18 Å². The van der Waals surface area contributed by atoms with Crippen molar-refractivity contribution >= 4 is 17.2 Å². The number of benzene rings is 2. The molecule has 0 radical (unpaired) electrons. The lowest BCUT2D eigenvalue weighted by Crippen LogP contribution is -2.39. The molecule has 162 valence electrons. The maximum Gasteiger partial charge on any atom is 0.253 e. The summed E-state index contributed by atoms with van der Waals surface area (Å²) < 4.78 is 16.1. The number of aromatic nitrogens is 4. The van der Waals surface area contributed by atoms with Crippen LogP contribution in [-0.2, 0) is 6.54 Å². The maximum absolute atomic E-state index is 14.1. The third-order valence-electron chi connectivity index (χ3n) is 5.73. The highest BCUT2D eigenvalue weighted by Crippen LogP contribution is 2.33. The minimum atomic E-state index is -0.299. The summed E-state index contributed by atoms with van der Waals surface area (Å²) in [6, 6.07) is 14.3. The van der Waals surface area contributed by atoms with Gasteiger partial charge in [-0.15, -0.1) is 10.2 Å². The van der Waals surface area contributed by atoms with E-state index < -0.39 is 0 Å². The van der Waals surface area contributed by atoms with Crippen molar-refractivity contribution in [3.63, 3.8) is 0 Å². The zero-order chi connectivity index (χ0) is 21.9. The molecule has 5 rings (SSSR count). The molecule has 1 aliphatic heterocycles. The number of carbonyl (C=O) groups excluding carboxylic acids is 1. The number of rotatable bonds is 5. The van der Waals surface area contributed by atoms with Crippen LogP contribution >= 0.6 is 11.3 Å². The molecule has 6 nitrogen and oxygen atoms in total. The van der Waals surface area contributed by atoms with Crippen molar-refractivity contribution in [1.82, 2.24) is 24.6 Å². The highest BCUT2D eigenvalue weighted by Gasteiger charge is 2.28. The van der Waals surface area contributed by atoms with E-state index in [2.05, 4.69) is 15.2 Å². The molecule has 1 fully saturated rings. The van der Waals surface area contributed by atoms with E-state index in [0.717, 1.165) is 36.5 Å². The first kappa shape index (κ1) is 20.5. The topological polar surface area (TPSA) is 63.9 Å². The monoisotopic (exact) mass is 447 g/mol. The number of piperidine rings is 1. The van der Waals surface area contributed by atoms with Crippen LogP contribution in [0, 0.1) is 5.82 Å². The van der Waals surface area contributed by atoms with Gasteiger partial charge in [-0.1, -0.05) is 35.6 Å². The van der Waals surface area contributed by atoms with Crippen LogP contribution in [0.1, 0.15) is 39.7 Å². The van der Waals surface area contributed by atoms with E-state index >= 15 is 0 Å². The van der Waals surface area contributed by atoms with Gasteiger partial charge < -0.3 is 9.47 Å². The van der Waals surface area contributed by atoms with Crippen molar-refractivity contribution in [2.45, 2.75) is 25.3 Å². The molecule has 2 aromatic carbocycles. The second-order valence-electron chi connectivity index (χ2n) is 7.95. The predicted molar refractivity (Wildman–Crippen MR) is 121 cm³/mol. The zero-order valence-electron chi connectivity index (χ0n) is 17.4. The van der Waals surface area contributed by atoms with Gasteiger partial charge in [0, 0.05) is 49.1 Å². The summed E-state index contributed by atoms with van der Waals surface area (Å²) in [7, 11) is 0. The smallest absolute Gasteiger partial charge is 0.253 e. The highest BCUT2D eigenvalue weighted by molar-refractivity contribution is 7.14. The predicted octanol–water partition coefficient (Wildman–Crippen LogP) is 4.61. The molecule has 0 N–H and O–H groups in total. The molecular weight excluding hydrogens is 425 g/mol. The van der Waals surface area contributed by atoms with Crippen LogP contribution in [0.4, 0.5) is 4.39 Å². The van der Waals surface area contributed by atoms with Crippen molar-refractivity contribution in [3.8, 4) is 10.6 Å². The molecule has 1 amide bonds. The minimum absolute atomic E-state index is 0.0303. The van der Waals surface area contributed by atoms with E-state index in [1.807, 2.05) is 39.9 Å². The lowest BCUT2D eigenvalue weighted by Gasteiger charge is -2.31. The first-order chi connectivity index (χ1) is 15.7. The number of halogens is 1. The van der Waals surface area contributed by atoms with Crippen molar-refractivity contribution in [2.75, 3.05) is 13.1 Å². The largest absolute Gasteiger partial charge is 0.338 e. The van der Waals surface area contributed by atoms with E-state index in [1.165, 1.54) is 17.4 Å². The van der Waals surface area contributed by atoms with Crippen molar-refractivity contribution in [3.05, 3.63) is 89.2 Å².